The Morgan fingerprint density at radius 2 is 2.17 bits per heavy atom. The topological polar surface area (TPSA) is 24.4 Å². The summed E-state index contributed by atoms with van der Waals surface area (Å²) in [6, 6.07) is 1.28. The Hall–Kier alpha value is 0.550. The molecule has 4 heteroatoms. The monoisotopic (exact) mass is 298 g/mol. The second kappa shape index (κ2) is 4.69. The van der Waals surface area contributed by atoms with Crippen LogP contribution in [0.3, 0.4) is 0 Å². The highest BCUT2D eigenvalue weighted by Crippen LogP contribution is 2.26. The summed E-state index contributed by atoms with van der Waals surface area (Å²) in [5, 5.41) is 4.61. The van der Waals surface area contributed by atoms with Crippen molar-refractivity contribution in [2.75, 3.05) is 6.26 Å². The van der Waals surface area contributed by atoms with Crippen LogP contribution in [0.15, 0.2) is 4.99 Å². The maximum absolute atomic E-state index is 4.60. The zero-order chi connectivity index (χ0) is 7.68. The van der Waals surface area contributed by atoms with Crippen LogP contribution in [0.25, 0.3) is 0 Å². The molecule has 0 radical (unpaired) electrons. The molecule has 0 aromatic heterocycles. The van der Waals surface area contributed by atoms with E-state index in [0.29, 0.717) is 12.1 Å². The van der Waals surface area contributed by atoms with E-state index >= 15 is 0 Å². The van der Waals surface area contributed by atoms with E-state index < -0.39 is 0 Å². The smallest absolute Gasteiger partial charge is 0.156 e. The van der Waals surface area contributed by atoms with Gasteiger partial charge >= 0.3 is 0 Å². The summed E-state index contributed by atoms with van der Waals surface area (Å²) in [7, 11) is 0. The minimum Gasteiger partial charge on any atom is -0.360 e. The van der Waals surface area contributed by atoms with Gasteiger partial charge in [0.1, 0.15) is 0 Å². The summed E-state index contributed by atoms with van der Waals surface area (Å²) >= 11 is 1.74. The highest BCUT2D eigenvalue weighted by atomic mass is 127. The number of amidine groups is 1. The van der Waals surface area contributed by atoms with E-state index in [2.05, 4.69) is 16.6 Å². The Labute approximate surface area is 95.0 Å². The first-order valence-electron chi connectivity index (χ1n) is 4.28. The van der Waals surface area contributed by atoms with Gasteiger partial charge in [0.25, 0.3) is 0 Å². The molecule has 0 bridgehead atoms. The Morgan fingerprint density at radius 3 is 2.83 bits per heavy atom. The summed E-state index contributed by atoms with van der Waals surface area (Å²) in [6.07, 6.45) is 7.45. The molecule has 0 spiro atoms. The molecule has 1 aliphatic carbocycles. The summed E-state index contributed by atoms with van der Waals surface area (Å²) < 4.78 is 0. The maximum Gasteiger partial charge on any atom is 0.156 e. The van der Waals surface area contributed by atoms with Crippen molar-refractivity contribution in [3.05, 3.63) is 0 Å². The van der Waals surface area contributed by atoms with Gasteiger partial charge < -0.3 is 5.32 Å². The van der Waals surface area contributed by atoms with Crippen LogP contribution in [0.4, 0.5) is 0 Å². The van der Waals surface area contributed by atoms with Gasteiger partial charge in [-0.05, 0) is 19.1 Å². The Bertz CT molecular complexity index is 184. The maximum atomic E-state index is 4.60. The molecule has 2 atom stereocenters. The molecule has 0 unspecified atom stereocenters. The van der Waals surface area contributed by atoms with E-state index in [1.807, 2.05) is 0 Å². The van der Waals surface area contributed by atoms with Gasteiger partial charge in [0, 0.05) is 0 Å². The zero-order valence-corrected chi connectivity index (χ0v) is 10.4. The van der Waals surface area contributed by atoms with E-state index in [9.17, 15) is 0 Å². The molecule has 70 valence electrons. The first-order valence-corrected chi connectivity index (χ1v) is 5.51. The van der Waals surface area contributed by atoms with Gasteiger partial charge in [0.05, 0.1) is 12.1 Å². The fraction of sp³-hybridized carbons (Fsp3) is 0.875. The van der Waals surface area contributed by atoms with Gasteiger partial charge in [-0.2, -0.15) is 0 Å². The lowest BCUT2D eigenvalue weighted by Gasteiger charge is -2.22. The van der Waals surface area contributed by atoms with Gasteiger partial charge in [0.2, 0.25) is 0 Å². The van der Waals surface area contributed by atoms with Crippen LogP contribution in [-0.2, 0) is 0 Å². The fourth-order valence-corrected chi connectivity index (χ4v) is 2.40. The van der Waals surface area contributed by atoms with Crippen LogP contribution in [-0.4, -0.2) is 23.5 Å². The molecule has 1 fully saturated rings. The first-order chi connectivity index (χ1) is 5.40. The molecule has 0 aromatic rings. The molecule has 12 heavy (non-hydrogen) atoms. The van der Waals surface area contributed by atoms with Gasteiger partial charge in [-0.25, -0.2) is 0 Å². The molecule has 2 rings (SSSR count). The average Bonchev–Trinajstić information content (AvgIpc) is 2.46. The quantitative estimate of drug-likeness (QED) is 0.694. The van der Waals surface area contributed by atoms with E-state index in [4.69, 9.17) is 0 Å². The van der Waals surface area contributed by atoms with Gasteiger partial charge in [-0.15, -0.1) is 24.0 Å². The van der Waals surface area contributed by atoms with Crippen molar-refractivity contribution < 1.29 is 0 Å². The van der Waals surface area contributed by atoms with E-state index in [1.165, 1.54) is 25.7 Å². The third kappa shape index (κ3) is 2.07. The molecule has 2 aliphatic rings. The summed E-state index contributed by atoms with van der Waals surface area (Å²) in [4.78, 5) is 4.60. The van der Waals surface area contributed by atoms with E-state index in [0.717, 1.165) is 5.17 Å². The molecule has 2 nitrogen and oxygen atoms in total. The zero-order valence-electron chi connectivity index (χ0n) is 7.25. The van der Waals surface area contributed by atoms with Crippen LogP contribution in [0.5, 0.6) is 0 Å². The number of hydrogen-bond donors (Lipinski definition) is 1. The molecule has 0 saturated heterocycles. The van der Waals surface area contributed by atoms with Crippen molar-refractivity contribution in [1.82, 2.24) is 5.32 Å². The summed E-state index contributed by atoms with van der Waals surface area (Å²) in [5.74, 6) is 0. The number of aliphatic imine (C=N–C) groups is 1. The number of nitrogens with one attached hydrogen (secondary N) is 1. The lowest BCUT2D eigenvalue weighted by molar-refractivity contribution is 0.385. The number of rotatable bonds is 0. The predicted octanol–water partition coefficient (Wildman–Crippen LogP) is 2.24. The lowest BCUT2D eigenvalue weighted by atomic mass is 9.92. The number of hydrogen-bond acceptors (Lipinski definition) is 3. The second-order valence-electron chi connectivity index (χ2n) is 3.24. The van der Waals surface area contributed by atoms with Gasteiger partial charge in [0.15, 0.2) is 5.17 Å². The minimum atomic E-state index is 0. The summed E-state index contributed by atoms with van der Waals surface area (Å²) in [6.45, 7) is 0. The first kappa shape index (κ1) is 10.6. The van der Waals surface area contributed by atoms with Gasteiger partial charge in [-0.3, -0.25) is 4.99 Å². The molecular formula is C8H15IN2S. The highest BCUT2D eigenvalue weighted by Gasteiger charge is 2.29. The highest BCUT2D eigenvalue weighted by molar-refractivity contribution is 14.0. The normalized spacial score (nSPS) is 32.9. The SMILES string of the molecule is CSC1=N[C@@H]2CCCC[C@@H]2N1.I. The number of fused-ring (bicyclic) bond motifs is 1. The molecule has 0 aromatic carbocycles. The van der Waals surface area contributed by atoms with Crippen molar-refractivity contribution in [3.63, 3.8) is 0 Å². The Morgan fingerprint density at radius 1 is 1.42 bits per heavy atom. The van der Waals surface area contributed by atoms with Crippen LogP contribution >= 0.6 is 35.7 Å². The lowest BCUT2D eigenvalue weighted by Crippen LogP contribution is -2.35. The minimum absolute atomic E-state index is 0. The van der Waals surface area contributed by atoms with Crippen LogP contribution < -0.4 is 5.32 Å². The third-order valence-corrected chi connectivity index (χ3v) is 3.12. The molecule has 1 saturated carbocycles. The Balaban J connectivity index is 0.000000720. The number of halogens is 1. The third-order valence-electron chi connectivity index (χ3n) is 2.51. The van der Waals surface area contributed by atoms with Crippen molar-refractivity contribution in [1.29, 1.82) is 0 Å². The van der Waals surface area contributed by atoms with E-state index in [1.54, 1.807) is 11.8 Å². The molecule has 1 heterocycles. The second-order valence-corrected chi connectivity index (χ2v) is 4.04. The molecule has 1 N–H and O–H groups in total. The molecule has 0 amide bonds. The predicted molar refractivity (Wildman–Crippen MR) is 65.5 cm³/mol. The largest absolute Gasteiger partial charge is 0.360 e. The number of nitrogens with zero attached hydrogens (tertiary/aromatic N) is 1. The summed E-state index contributed by atoms with van der Waals surface area (Å²) in [5.41, 5.74) is 0. The van der Waals surface area contributed by atoms with Crippen molar-refractivity contribution >= 4 is 40.9 Å². The number of thioether (sulfide) groups is 1. The van der Waals surface area contributed by atoms with Crippen molar-refractivity contribution in [3.8, 4) is 0 Å². The molecule has 1 aliphatic heterocycles. The molecular weight excluding hydrogens is 283 g/mol. The standard InChI is InChI=1S/C8H14N2S.HI/c1-11-8-9-6-4-2-3-5-7(6)10-8;/h6-7H,2-5H2,1H3,(H,9,10);1H/t6-,7+;. The van der Waals surface area contributed by atoms with E-state index in [-0.39, 0.29) is 24.0 Å². The van der Waals surface area contributed by atoms with Crippen molar-refractivity contribution in [2.24, 2.45) is 4.99 Å². The van der Waals surface area contributed by atoms with Crippen molar-refractivity contribution in [2.45, 2.75) is 37.8 Å². The van der Waals surface area contributed by atoms with Crippen LogP contribution in [0.1, 0.15) is 25.7 Å². The fourth-order valence-electron chi connectivity index (χ4n) is 1.89. The Kier molecular flexibility index (Phi) is 4.16. The average molecular weight is 298 g/mol. The van der Waals surface area contributed by atoms with Crippen LogP contribution in [0, 0.1) is 0 Å². The van der Waals surface area contributed by atoms with Gasteiger partial charge in [-0.1, -0.05) is 24.6 Å². The van der Waals surface area contributed by atoms with Crippen LogP contribution in [0.2, 0.25) is 0 Å².